The monoisotopic (exact) mass is 397 g/mol. The van der Waals surface area contributed by atoms with Gasteiger partial charge in [-0.25, -0.2) is 4.79 Å². The van der Waals surface area contributed by atoms with E-state index in [1.54, 1.807) is 12.1 Å². The molecular formula is C22H27N3O4. The Morgan fingerprint density at radius 3 is 2.41 bits per heavy atom. The van der Waals surface area contributed by atoms with Crippen LogP contribution in [0.25, 0.3) is 0 Å². The summed E-state index contributed by atoms with van der Waals surface area (Å²) in [6, 6.07) is 14.6. The second-order valence-corrected chi connectivity index (χ2v) is 8.23. The number of nitrogens with zero attached hydrogens (tertiary/aromatic N) is 2. The minimum absolute atomic E-state index is 0.0357. The third-order valence-corrected chi connectivity index (χ3v) is 4.82. The van der Waals surface area contributed by atoms with Gasteiger partial charge in [-0.15, -0.1) is 0 Å². The first-order chi connectivity index (χ1) is 13.7. The van der Waals surface area contributed by atoms with Crippen LogP contribution in [0.3, 0.4) is 0 Å². The molecule has 1 aliphatic heterocycles. The van der Waals surface area contributed by atoms with E-state index in [0.717, 1.165) is 29.7 Å². The largest absolute Gasteiger partial charge is 0.444 e. The Morgan fingerprint density at radius 1 is 1.17 bits per heavy atom. The van der Waals surface area contributed by atoms with Crippen molar-refractivity contribution in [2.45, 2.75) is 51.8 Å². The molecule has 1 atom stereocenters. The van der Waals surface area contributed by atoms with Crippen LogP contribution in [0.15, 0.2) is 48.5 Å². The molecule has 0 aromatic heterocycles. The highest BCUT2D eigenvalue weighted by Gasteiger charge is 2.33. The lowest BCUT2D eigenvalue weighted by Crippen LogP contribution is -2.36. The molecule has 3 rings (SSSR count). The number of benzene rings is 2. The van der Waals surface area contributed by atoms with Crippen LogP contribution < -0.4 is 5.32 Å². The predicted octanol–water partition coefficient (Wildman–Crippen LogP) is 5.28. The molecule has 1 saturated heterocycles. The number of non-ortho nitro benzene ring substituents is 1. The summed E-state index contributed by atoms with van der Waals surface area (Å²) in [5.74, 6) is 0. The van der Waals surface area contributed by atoms with Crippen LogP contribution >= 0.6 is 0 Å². The molecule has 0 saturated carbocycles. The van der Waals surface area contributed by atoms with E-state index in [-0.39, 0.29) is 17.8 Å². The van der Waals surface area contributed by atoms with Gasteiger partial charge in [0, 0.05) is 30.9 Å². The van der Waals surface area contributed by atoms with E-state index in [2.05, 4.69) is 5.32 Å². The fourth-order valence-electron chi connectivity index (χ4n) is 3.42. The van der Waals surface area contributed by atoms with Gasteiger partial charge in [-0.3, -0.25) is 10.1 Å². The van der Waals surface area contributed by atoms with Crippen LogP contribution in [0.2, 0.25) is 0 Å². The highest BCUT2D eigenvalue weighted by molar-refractivity contribution is 5.69. The van der Waals surface area contributed by atoms with Crippen molar-refractivity contribution in [2.75, 3.05) is 11.9 Å². The summed E-state index contributed by atoms with van der Waals surface area (Å²) < 4.78 is 5.54. The van der Waals surface area contributed by atoms with E-state index < -0.39 is 10.5 Å². The van der Waals surface area contributed by atoms with E-state index in [9.17, 15) is 14.9 Å². The first-order valence-electron chi connectivity index (χ1n) is 9.80. The molecule has 1 aliphatic rings. The molecule has 1 N–H and O–H groups in total. The average molecular weight is 397 g/mol. The van der Waals surface area contributed by atoms with Gasteiger partial charge in [0.15, 0.2) is 0 Å². The van der Waals surface area contributed by atoms with Gasteiger partial charge in [-0.2, -0.15) is 0 Å². The smallest absolute Gasteiger partial charge is 0.410 e. The lowest BCUT2D eigenvalue weighted by Gasteiger charge is -2.29. The normalized spacial score (nSPS) is 16.5. The number of hydrogen-bond donors (Lipinski definition) is 1. The van der Waals surface area contributed by atoms with Crippen molar-refractivity contribution in [3.63, 3.8) is 0 Å². The van der Waals surface area contributed by atoms with Crippen molar-refractivity contribution >= 4 is 17.5 Å². The molecule has 7 heteroatoms. The maximum absolute atomic E-state index is 12.5. The van der Waals surface area contributed by atoms with Gasteiger partial charge in [-0.1, -0.05) is 24.3 Å². The maximum Gasteiger partial charge on any atom is 0.410 e. The fraction of sp³-hybridized carbons (Fsp3) is 0.409. The fourth-order valence-corrected chi connectivity index (χ4v) is 3.42. The Bertz CT molecular complexity index is 857. The van der Waals surface area contributed by atoms with Gasteiger partial charge in [0.2, 0.25) is 0 Å². The zero-order chi connectivity index (χ0) is 21.0. The number of hydrogen-bond acceptors (Lipinski definition) is 5. The standard InChI is InChI=1S/C22H27N3O4/c1-22(2,3)29-21(26)24-14-4-5-20(24)17-8-10-18(11-9-17)23-15-16-6-12-19(13-7-16)25(27)28/h6-13,20,23H,4-5,14-15H2,1-3H3. The van der Waals surface area contributed by atoms with Crippen molar-refractivity contribution < 1.29 is 14.5 Å². The van der Waals surface area contributed by atoms with Gasteiger partial charge in [0.1, 0.15) is 5.60 Å². The van der Waals surface area contributed by atoms with E-state index in [1.165, 1.54) is 12.1 Å². The molecule has 0 spiro atoms. The minimum atomic E-state index is -0.504. The molecule has 154 valence electrons. The Kier molecular flexibility index (Phi) is 6.06. The quantitative estimate of drug-likeness (QED) is 0.548. The lowest BCUT2D eigenvalue weighted by molar-refractivity contribution is -0.384. The topological polar surface area (TPSA) is 84.7 Å². The molecule has 2 aromatic carbocycles. The number of rotatable bonds is 5. The van der Waals surface area contributed by atoms with Crippen molar-refractivity contribution in [3.8, 4) is 0 Å². The molecule has 1 unspecified atom stereocenters. The lowest BCUT2D eigenvalue weighted by atomic mass is 10.0. The summed E-state index contributed by atoms with van der Waals surface area (Å²) >= 11 is 0. The third kappa shape index (κ3) is 5.47. The van der Waals surface area contributed by atoms with Gasteiger partial charge in [-0.05, 0) is 56.9 Å². The van der Waals surface area contributed by atoms with Crippen molar-refractivity contribution in [1.29, 1.82) is 0 Å². The summed E-state index contributed by atoms with van der Waals surface area (Å²) in [6.07, 6.45) is 1.62. The highest BCUT2D eigenvalue weighted by Crippen LogP contribution is 2.33. The molecule has 1 heterocycles. The third-order valence-electron chi connectivity index (χ3n) is 4.82. The zero-order valence-electron chi connectivity index (χ0n) is 17.1. The van der Waals surface area contributed by atoms with Crippen LogP contribution in [-0.4, -0.2) is 28.1 Å². The first kappa shape index (κ1) is 20.6. The molecule has 29 heavy (non-hydrogen) atoms. The summed E-state index contributed by atoms with van der Waals surface area (Å²) in [4.78, 5) is 24.6. The number of ether oxygens (including phenoxy) is 1. The number of nitro groups is 1. The Hall–Kier alpha value is -3.09. The summed E-state index contributed by atoms with van der Waals surface area (Å²) in [6.45, 7) is 6.91. The summed E-state index contributed by atoms with van der Waals surface area (Å²) in [7, 11) is 0. The molecular weight excluding hydrogens is 370 g/mol. The summed E-state index contributed by atoms with van der Waals surface area (Å²) in [5, 5.41) is 14.0. The van der Waals surface area contributed by atoms with E-state index in [0.29, 0.717) is 13.1 Å². The van der Waals surface area contributed by atoms with Crippen LogP contribution in [0, 0.1) is 10.1 Å². The summed E-state index contributed by atoms with van der Waals surface area (Å²) in [5.41, 5.74) is 2.59. The number of likely N-dealkylation sites (tertiary alicyclic amines) is 1. The Labute approximate surface area is 170 Å². The molecule has 1 fully saturated rings. The molecule has 1 amide bonds. The number of nitro benzene ring substituents is 1. The number of carbonyl (C=O) groups is 1. The van der Waals surface area contributed by atoms with Gasteiger partial charge < -0.3 is 15.0 Å². The highest BCUT2D eigenvalue weighted by atomic mass is 16.6. The van der Waals surface area contributed by atoms with Crippen molar-refractivity contribution in [2.24, 2.45) is 0 Å². The average Bonchev–Trinajstić information content (AvgIpc) is 3.16. The molecule has 0 bridgehead atoms. The molecule has 2 aromatic rings. The second kappa shape index (κ2) is 8.51. The SMILES string of the molecule is CC(C)(C)OC(=O)N1CCCC1c1ccc(NCc2ccc([N+](=O)[O-])cc2)cc1. The van der Waals surface area contributed by atoms with Crippen LogP contribution in [0.4, 0.5) is 16.2 Å². The first-order valence-corrected chi connectivity index (χ1v) is 9.80. The molecule has 0 radical (unpaired) electrons. The van der Waals surface area contributed by atoms with Crippen molar-refractivity contribution in [3.05, 3.63) is 69.8 Å². The minimum Gasteiger partial charge on any atom is -0.444 e. The second-order valence-electron chi connectivity index (χ2n) is 8.23. The Balaban J connectivity index is 1.60. The molecule has 0 aliphatic carbocycles. The van der Waals surface area contributed by atoms with Crippen LogP contribution in [0.5, 0.6) is 0 Å². The van der Waals surface area contributed by atoms with E-state index >= 15 is 0 Å². The number of nitrogens with one attached hydrogen (secondary N) is 1. The van der Waals surface area contributed by atoms with Gasteiger partial charge in [0.05, 0.1) is 11.0 Å². The van der Waals surface area contributed by atoms with Gasteiger partial charge in [0.25, 0.3) is 5.69 Å². The number of carbonyl (C=O) groups excluding carboxylic acids is 1. The van der Waals surface area contributed by atoms with Crippen LogP contribution in [-0.2, 0) is 11.3 Å². The number of amides is 1. The van der Waals surface area contributed by atoms with Crippen molar-refractivity contribution in [1.82, 2.24) is 4.90 Å². The van der Waals surface area contributed by atoms with Gasteiger partial charge >= 0.3 is 6.09 Å². The zero-order valence-corrected chi connectivity index (χ0v) is 17.1. The Morgan fingerprint density at radius 2 is 1.83 bits per heavy atom. The predicted molar refractivity (Wildman–Crippen MR) is 112 cm³/mol. The maximum atomic E-state index is 12.5. The number of anilines is 1. The van der Waals surface area contributed by atoms with E-state index in [4.69, 9.17) is 4.74 Å². The van der Waals surface area contributed by atoms with Crippen LogP contribution in [0.1, 0.15) is 50.8 Å². The molecule has 7 nitrogen and oxygen atoms in total. The van der Waals surface area contributed by atoms with E-state index in [1.807, 2.05) is 49.9 Å².